The Hall–Kier alpha value is -9.03. The summed E-state index contributed by atoms with van der Waals surface area (Å²) in [5.41, 5.74) is 6.19. The Morgan fingerprint density at radius 3 is 1.96 bits per heavy atom. The van der Waals surface area contributed by atoms with Crippen LogP contribution in [-0.4, -0.2) is 170 Å². The van der Waals surface area contributed by atoms with Gasteiger partial charge in [0.2, 0.25) is 23.7 Å². The van der Waals surface area contributed by atoms with E-state index in [1.54, 1.807) is 76.2 Å². The summed E-state index contributed by atoms with van der Waals surface area (Å²) in [6.45, 7) is 13.1. The molecule has 0 radical (unpaired) electrons. The summed E-state index contributed by atoms with van der Waals surface area (Å²) in [7, 11) is 14.5. The van der Waals surface area contributed by atoms with E-state index < -0.39 is 12.5 Å². The van der Waals surface area contributed by atoms with Crippen LogP contribution >= 0.6 is 0 Å². The first-order valence-electron chi connectivity index (χ1n) is 26.2. The number of aryl methyl sites for hydroxylation is 1. The van der Waals surface area contributed by atoms with Crippen molar-refractivity contribution in [3.05, 3.63) is 135 Å². The summed E-state index contributed by atoms with van der Waals surface area (Å²) in [5.74, 6) is 2.85. The largest absolute Gasteiger partial charge is 0.494 e. The van der Waals surface area contributed by atoms with Crippen molar-refractivity contribution in [3.63, 3.8) is 0 Å². The second-order valence-electron chi connectivity index (χ2n) is 19.1. The van der Waals surface area contributed by atoms with Gasteiger partial charge in [0.05, 0.1) is 64.9 Å². The summed E-state index contributed by atoms with van der Waals surface area (Å²) in [5, 5.41) is 12.7. The van der Waals surface area contributed by atoms with Crippen molar-refractivity contribution in [2.24, 2.45) is 0 Å². The molecule has 0 aliphatic carbocycles. The Balaban J connectivity index is 0.000000227. The number of carbonyl (C=O) groups excluding carboxylic acids is 2. The third kappa shape index (κ3) is 15.4. The zero-order valence-corrected chi connectivity index (χ0v) is 47.7. The molecule has 2 amide bonds. The highest BCUT2D eigenvalue weighted by molar-refractivity contribution is 6.02. The fourth-order valence-corrected chi connectivity index (χ4v) is 8.84. The number of fused-ring (bicyclic) bond motifs is 2. The van der Waals surface area contributed by atoms with E-state index in [4.69, 9.17) is 19.2 Å². The fraction of sp³-hybridized carbons (Fsp3) is 0.305. The number of hydrogen-bond acceptors (Lipinski definition) is 17. The van der Waals surface area contributed by atoms with Gasteiger partial charge in [-0.1, -0.05) is 43.5 Å². The standard InChI is InChI=1S/C30H33F2N7O3.C27H32N8O2.C2H6O/c1-4-28(40)34-24-17-23(26(41-3)18-27(24)42-16-15-38-13-11-37(2)12-14-38)36-30-33-10-9-22(35-30)21-19-39(29(31)32)25-8-6-5-7-20(21)25;1-7-26(36)30-20-16-21(24(37-6)17-23(20)34(5)15-14-33(3)4)31-27-28-13-12-25(32-27)35-18(2)29-19-10-8-9-11-22(19)35;1-3-2/h4-10,17-19,29H,1,11-16H2,2-3H3,(H,34,40)(H,33,35,36);7-13,16-17H,1,14-15H2,2-6H3,(H,30,36)(H,28,31,32);1-2H3. The number of rotatable bonds is 21. The maximum Gasteiger partial charge on any atom is 0.319 e. The molecule has 21 nitrogen and oxygen atoms in total. The number of ether oxygens (including phenoxy) is 4. The topological polar surface area (TPSA) is 206 Å². The average molecular weight is 1120 g/mol. The van der Waals surface area contributed by atoms with Crippen molar-refractivity contribution in [1.82, 2.24) is 48.8 Å². The number of methoxy groups -OCH3 is 3. The molecule has 0 bridgehead atoms. The lowest BCUT2D eigenvalue weighted by Crippen LogP contribution is -2.45. The highest BCUT2D eigenvalue weighted by Crippen LogP contribution is 2.40. The summed E-state index contributed by atoms with van der Waals surface area (Å²) >= 11 is 0. The monoisotopic (exact) mass is 1120 g/mol. The summed E-state index contributed by atoms with van der Waals surface area (Å²) in [6, 6.07) is 25.4. The van der Waals surface area contributed by atoms with Crippen LogP contribution < -0.4 is 40.4 Å². The van der Waals surface area contributed by atoms with Gasteiger partial charge in [0.15, 0.2) is 0 Å². The van der Waals surface area contributed by atoms with Gasteiger partial charge < -0.3 is 54.9 Å². The molecule has 82 heavy (non-hydrogen) atoms. The number of hydrogen-bond donors (Lipinski definition) is 4. The van der Waals surface area contributed by atoms with E-state index in [2.05, 4.69) is 85.7 Å². The lowest BCUT2D eigenvalue weighted by Gasteiger charge is -2.32. The summed E-state index contributed by atoms with van der Waals surface area (Å²) < 4.78 is 52.0. The first kappa shape index (κ1) is 60.6. The summed E-state index contributed by atoms with van der Waals surface area (Å²) in [4.78, 5) is 55.9. The van der Waals surface area contributed by atoms with E-state index >= 15 is 0 Å². The van der Waals surface area contributed by atoms with Gasteiger partial charge >= 0.3 is 6.55 Å². The lowest BCUT2D eigenvalue weighted by atomic mass is 10.1. The van der Waals surface area contributed by atoms with Gasteiger partial charge in [-0.2, -0.15) is 13.8 Å². The molecule has 4 aromatic heterocycles. The second kappa shape index (κ2) is 28.9. The quantitative estimate of drug-likeness (QED) is 0.0495. The molecule has 8 aromatic rings. The SMILES string of the molecule is C=CC(=O)Nc1cc(Nc2nccc(-c3cn(C(F)F)c4ccccc34)n2)c(OC)cc1OCCN1CCN(C)CC1.C=CC(=O)Nc1cc(Nc2nccc(-n3c(C)nc4ccccc43)n2)c(OC)cc1N(C)CCN(C)C.COC. The second-order valence-corrected chi connectivity index (χ2v) is 19.1. The van der Waals surface area contributed by atoms with Crippen molar-refractivity contribution >= 4 is 74.1 Å². The first-order valence-corrected chi connectivity index (χ1v) is 26.2. The first-order chi connectivity index (χ1) is 39.6. The highest BCUT2D eigenvalue weighted by atomic mass is 19.3. The van der Waals surface area contributed by atoms with Gasteiger partial charge in [0.1, 0.15) is 35.5 Å². The summed E-state index contributed by atoms with van der Waals surface area (Å²) in [6.07, 6.45) is 7.04. The number of amides is 2. The smallest absolute Gasteiger partial charge is 0.319 e. The Kier molecular flexibility index (Phi) is 21.4. The molecule has 0 atom stereocenters. The van der Waals surface area contributed by atoms with Crippen molar-refractivity contribution in [3.8, 4) is 34.3 Å². The number of benzene rings is 4. The lowest BCUT2D eigenvalue weighted by molar-refractivity contribution is -0.112. The van der Waals surface area contributed by atoms with E-state index in [9.17, 15) is 18.4 Å². The predicted octanol–water partition coefficient (Wildman–Crippen LogP) is 9.26. The van der Waals surface area contributed by atoms with Crippen LogP contribution in [-0.2, 0) is 14.3 Å². The highest BCUT2D eigenvalue weighted by Gasteiger charge is 2.21. The normalized spacial score (nSPS) is 12.5. The number of nitrogens with one attached hydrogen (secondary N) is 4. The van der Waals surface area contributed by atoms with E-state index in [1.807, 2.05) is 75.1 Å². The Morgan fingerprint density at radius 2 is 1.32 bits per heavy atom. The molecule has 0 unspecified atom stereocenters. The third-order valence-electron chi connectivity index (χ3n) is 13.0. The van der Waals surface area contributed by atoms with E-state index in [0.717, 1.165) is 72.9 Å². The predicted molar refractivity (Wildman–Crippen MR) is 320 cm³/mol. The van der Waals surface area contributed by atoms with Gasteiger partial charge in [0.25, 0.3) is 0 Å². The molecule has 432 valence electrons. The number of piperazine rings is 1. The van der Waals surface area contributed by atoms with Crippen LogP contribution in [0.1, 0.15) is 12.4 Å². The molecule has 9 rings (SSSR count). The molecule has 1 fully saturated rings. The molecule has 0 spiro atoms. The average Bonchev–Trinajstić information content (AvgIpc) is 4.24. The van der Waals surface area contributed by atoms with Crippen LogP contribution in [0.4, 0.5) is 49.1 Å². The van der Waals surface area contributed by atoms with Crippen LogP contribution in [0, 0.1) is 6.92 Å². The van der Waals surface area contributed by atoms with Gasteiger partial charge in [-0.15, -0.1) is 0 Å². The zero-order chi connectivity index (χ0) is 58.9. The van der Waals surface area contributed by atoms with Crippen LogP contribution in [0.15, 0.2) is 129 Å². The number of halogens is 2. The molecule has 1 aliphatic heterocycles. The minimum absolute atomic E-state index is 0.212. The minimum atomic E-state index is -2.70. The van der Waals surface area contributed by atoms with E-state index in [0.29, 0.717) is 80.5 Å². The number of imidazole rings is 1. The van der Waals surface area contributed by atoms with Crippen LogP contribution in [0.25, 0.3) is 39.0 Å². The van der Waals surface area contributed by atoms with Crippen LogP contribution in [0.3, 0.4) is 0 Å². The third-order valence-corrected chi connectivity index (χ3v) is 13.0. The molecular weight excluding hydrogens is 1050 g/mol. The Labute approximate surface area is 476 Å². The van der Waals surface area contributed by atoms with Crippen molar-refractivity contribution in [2.75, 3.05) is 135 Å². The van der Waals surface area contributed by atoms with Gasteiger partial charge in [0, 0.05) is 109 Å². The number of aromatic nitrogens is 7. The Bertz CT molecular complexity index is 3470. The van der Waals surface area contributed by atoms with Gasteiger partial charge in [-0.25, -0.2) is 19.9 Å². The molecule has 1 saturated heterocycles. The van der Waals surface area contributed by atoms with Crippen LogP contribution in [0.2, 0.25) is 0 Å². The van der Waals surface area contributed by atoms with E-state index in [-0.39, 0.29) is 11.9 Å². The molecule has 5 heterocycles. The number of anilines is 7. The van der Waals surface area contributed by atoms with Crippen molar-refractivity contribution < 1.29 is 37.3 Å². The maximum atomic E-state index is 13.7. The fourth-order valence-electron chi connectivity index (χ4n) is 8.84. The van der Waals surface area contributed by atoms with Crippen molar-refractivity contribution in [1.29, 1.82) is 0 Å². The molecule has 4 N–H and O–H groups in total. The van der Waals surface area contributed by atoms with Gasteiger partial charge in [-0.3, -0.25) is 23.6 Å². The Morgan fingerprint density at radius 1 is 0.720 bits per heavy atom. The molecule has 4 aromatic carbocycles. The minimum Gasteiger partial charge on any atom is -0.494 e. The molecular formula is C59H71F2N15O6. The number of carbonyl (C=O) groups is 2. The van der Waals surface area contributed by atoms with Gasteiger partial charge in [-0.05, 0) is 82.7 Å². The maximum absolute atomic E-state index is 13.7. The number of likely N-dealkylation sites (N-methyl/N-ethyl adjacent to an activating group) is 3. The van der Waals surface area contributed by atoms with E-state index in [1.165, 1.54) is 25.5 Å². The van der Waals surface area contributed by atoms with Crippen molar-refractivity contribution in [2.45, 2.75) is 13.5 Å². The number of nitrogens with zero attached hydrogens (tertiary/aromatic N) is 11. The van der Waals surface area contributed by atoms with Crippen LogP contribution in [0.5, 0.6) is 17.2 Å². The number of alkyl halides is 2. The zero-order valence-electron chi connectivity index (χ0n) is 47.7. The number of para-hydroxylation sites is 3. The molecule has 1 aliphatic rings. The molecule has 0 saturated carbocycles. The molecule has 23 heteroatoms.